The Morgan fingerprint density at radius 2 is 1.57 bits per heavy atom. The molecule has 0 spiro atoms. The van der Waals surface area contributed by atoms with Crippen LogP contribution in [0.5, 0.6) is 0 Å². The zero-order chi connectivity index (χ0) is 34.9. The van der Waals surface area contributed by atoms with Gasteiger partial charge in [-0.05, 0) is 86.0 Å². The number of ether oxygens (including phenoxy) is 2. The fourth-order valence-corrected chi connectivity index (χ4v) is 5.43. The van der Waals surface area contributed by atoms with Gasteiger partial charge in [-0.25, -0.2) is 13.6 Å². The van der Waals surface area contributed by atoms with E-state index >= 15 is 0 Å². The summed E-state index contributed by atoms with van der Waals surface area (Å²) in [6, 6.07) is -3.45. The Balaban J connectivity index is 2.15. The number of ketones is 1. The molecule has 0 aromatic rings. The molecule has 0 aromatic carbocycles. The fraction of sp³-hybridized carbons (Fsp3) is 0.750. The first-order chi connectivity index (χ1) is 21.2. The highest BCUT2D eigenvalue weighted by Gasteiger charge is 2.45. The first-order valence-electron chi connectivity index (χ1n) is 15.9. The molecule has 0 radical (unpaired) electrons. The number of amides is 4. The third-order valence-electron chi connectivity index (χ3n) is 7.56. The van der Waals surface area contributed by atoms with E-state index in [4.69, 9.17) is 9.47 Å². The van der Waals surface area contributed by atoms with Crippen molar-refractivity contribution in [2.24, 2.45) is 5.92 Å². The smallest absolute Gasteiger partial charge is 0.408 e. The lowest BCUT2D eigenvalue weighted by Crippen LogP contribution is -2.58. The summed E-state index contributed by atoms with van der Waals surface area (Å²) in [6.07, 6.45) is 0.660. The molecule has 0 bridgehead atoms. The molecular formula is C32H50F2N4O8. The second-order valence-corrected chi connectivity index (χ2v) is 13.9. The van der Waals surface area contributed by atoms with Crippen molar-refractivity contribution in [1.29, 1.82) is 0 Å². The largest absolute Gasteiger partial charge is 0.460 e. The Bertz CT molecular complexity index is 1140. The van der Waals surface area contributed by atoms with E-state index in [-0.39, 0.29) is 45.2 Å². The van der Waals surface area contributed by atoms with Gasteiger partial charge in [0.2, 0.25) is 23.5 Å². The van der Waals surface area contributed by atoms with Crippen molar-refractivity contribution in [3.8, 4) is 0 Å². The zero-order valence-corrected chi connectivity index (χ0v) is 27.8. The monoisotopic (exact) mass is 656 g/mol. The van der Waals surface area contributed by atoms with E-state index in [9.17, 15) is 37.5 Å². The van der Waals surface area contributed by atoms with Crippen molar-refractivity contribution in [3.05, 3.63) is 12.7 Å². The van der Waals surface area contributed by atoms with Crippen LogP contribution in [0, 0.1) is 5.92 Å². The second-order valence-electron chi connectivity index (χ2n) is 13.9. The minimum Gasteiger partial charge on any atom is -0.460 e. The average molecular weight is 657 g/mol. The lowest BCUT2D eigenvalue weighted by atomic mass is 9.81. The Labute approximate surface area is 269 Å². The number of Topliss-reactive ketones (excluding diaryl/α,β-unsaturated/α-hetero) is 1. The summed E-state index contributed by atoms with van der Waals surface area (Å²) in [6.45, 7) is 13.7. The van der Waals surface area contributed by atoms with Crippen molar-refractivity contribution < 1.29 is 47.0 Å². The molecule has 12 nitrogen and oxygen atoms in total. The van der Waals surface area contributed by atoms with Gasteiger partial charge in [-0.15, -0.1) is 6.58 Å². The van der Waals surface area contributed by atoms with Crippen LogP contribution in [0.3, 0.4) is 0 Å². The van der Waals surface area contributed by atoms with Gasteiger partial charge >= 0.3 is 12.1 Å². The first kappa shape index (κ1) is 38.6. The summed E-state index contributed by atoms with van der Waals surface area (Å²) < 4.78 is 38.4. The molecule has 3 N–H and O–H groups in total. The second kappa shape index (κ2) is 16.3. The fourth-order valence-electron chi connectivity index (χ4n) is 5.43. The maximum atomic E-state index is 13.9. The molecule has 1 saturated carbocycles. The van der Waals surface area contributed by atoms with Crippen molar-refractivity contribution in [2.45, 2.75) is 135 Å². The van der Waals surface area contributed by atoms with E-state index in [1.807, 2.05) is 0 Å². The van der Waals surface area contributed by atoms with Crippen molar-refractivity contribution in [3.63, 3.8) is 0 Å². The maximum Gasteiger partial charge on any atom is 0.408 e. The molecule has 1 saturated heterocycles. The number of nitrogens with one attached hydrogen (secondary N) is 3. The summed E-state index contributed by atoms with van der Waals surface area (Å²) >= 11 is 0. The highest BCUT2D eigenvalue weighted by atomic mass is 19.3. The van der Waals surface area contributed by atoms with Crippen LogP contribution in [-0.2, 0) is 33.4 Å². The van der Waals surface area contributed by atoms with Gasteiger partial charge in [0.15, 0.2) is 0 Å². The van der Waals surface area contributed by atoms with Crippen molar-refractivity contribution >= 4 is 35.6 Å². The predicted octanol–water partition coefficient (Wildman–Crippen LogP) is 3.56. The topological polar surface area (TPSA) is 160 Å². The number of allylic oxidation sites excluding steroid dienone is 1. The van der Waals surface area contributed by atoms with Gasteiger partial charge in [-0.2, -0.15) is 0 Å². The molecule has 0 aromatic heterocycles. The van der Waals surface area contributed by atoms with Gasteiger partial charge < -0.3 is 30.3 Å². The molecular weight excluding hydrogens is 606 g/mol. The first-order valence-corrected chi connectivity index (χ1v) is 15.9. The molecule has 2 fully saturated rings. The zero-order valence-electron chi connectivity index (χ0n) is 27.8. The standard InChI is InChI=1S/C32H50F2N4O8/c1-8-9-11-21(25(40)27(42)35-18-15-23(39)45-30(2,3)4)36-26(41)22-12-10-19-38(22)28(43)24(37-29(44)46-31(5,6)7)20-13-16-32(33,34)17-14-20/h8,20-22,24H,1,9-19H2,2-7H3,(H,35,42)(H,36,41)(H,37,44)/t21?,22?,24-/m0/s1. The normalized spacial score (nSPS) is 19.7. The molecule has 1 heterocycles. The van der Waals surface area contributed by atoms with E-state index in [0.29, 0.717) is 12.8 Å². The number of hydrogen-bond donors (Lipinski definition) is 3. The average Bonchev–Trinajstić information content (AvgIpc) is 3.41. The molecule has 4 amide bonds. The van der Waals surface area contributed by atoms with Gasteiger partial charge in [0.05, 0.1) is 12.5 Å². The number of alkyl halides is 2. The van der Waals surface area contributed by atoms with Crippen LogP contribution in [0.25, 0.3) is 0 Å². The molecule has 14 heteroatoms. The minimum atomic E-state index is -2.86. The minimum absolute atomic E-state index is 0.00885. The van der Waals surface area contributed by atoms with E-state index in [2.05, 4.69) is 22.5 Å². The van der Waals surface area contributed by atoms with E-state index in [1.54, 1.807) is 41.5 Å². The summed E-state index contributed by atoms with van der Waals surface area (Å²) in [7, 11) is 0. The van der Waals surface area contributed by atoms with Gasteiger partial charge in [-0.1, -0.05) is 6.08 Å². The predicted molar refractivity (Wildman–Crippen MR) is 165 cm³/mol. The van der Waals surface area contributed by atoms with E-state index in [0.717, 1.165) is 0 Å². The third kappa shape index (κ3) is 12.7. The maximum absolute atomic E-state index is 13.9. The van der Waals surface area contributed by atoms with Gasteiger partial charge in [0, 0.05) is 25.9 Å². The molecule has 46 heavy (non-hydrogen) atoms. The number of rotatable bonds is 13. The van der Waals surface area contributed by atoms with Crippen LogP contribution in [-0.4, -0.2) is 88.8 Å². The van der Waals surface area contributed by atoms with Crippen molar-refractivity contribution in [2.75, 3.05) is 13.1 Å². The third-order valence-corrected chi connectivity index (χ3v) is 7.56. The van der Waals surface area contributed by atoms with Crippen LogP contribution in [0.4, 0.5) is 13.6 Å². The number of likely N-dealkylation sites (tertiary alicyclic amines) is 1. The van der Waals surface area contributed by atoms with Crippen molar-refractivity contribution in [1.82, 2.24) is 20.9 Å². The molecule has 1 aliphatic carbocycles. The molecule has 3 atom stereocenters. The molecule has 260 valence electrons. The van der Waals surface area contributed by atoms with Gasteiger partial charge in [0.1, 0.15) is 23.3 Å². The number of carbonyl (C=O) groups excluding carboxylic acids is 6. The molecule has 2 aliphatic rings. The Morgan fingerprint density at radius 3 is 2.13 bits per heavy atom. The Hall–Kier alpha value is -3.58. The summed E-state index contributed by atoms with van der Waals surface area (Å²) in [4.78, 5) is 79.0. The number of alkyl carbamates (subject to hydrolysis) is 1. The summed E-state index contributed by atoms with van der Waals surface area (Å²) in [5, 5.41) is 7.55. The van der Waals surface area contributed by atoms with Crippen LogP contribution in [0.1, 0.15) is 99.3 Å². The lowest BCUT2D eigenvalue weighted by molar-refractivity contribution is -0.154. The quantitative estimate of drug-likeness (QED) is 0.154. The Morgan fingerprint density at radius 1 is 0.957 bits per heavy atom. The number of halogens is 2. The number of esters is 1. The number of carbonyl (C=O) groups is 6. The number of hydrogen-bond acceptors (Lipinski definition) is 8. The summed E-state index contributed by atoms with van der Waals surface area (Å²) in [5.41, 5.74) is -1.58. The highest BCUT2D eigenvalue weighted by Crippen LogP contribution is 2.38. The van der Waals surface area contributed by atoms with Crippen LogP contribution in [0.15, 0.2) is 12.7 Å². The molecule has 1 aliphatic heterocycles. The number of nitrogens with zero attached hydrogens (tertiary/aromatic N) is 1. The van der Waals surface area contributed by atoms with E-state index < -0.39 is 89.6 Å². The van der Waals surface area contributed by atoms with Gasteiger partial charge in [0.25, 0.3) is 5.91 Å². The summed E-state index contributed by atoms with van der Waals surface area (Å²) in [5.74, 6) is -7.20. The lowest BCUT2D eigenvalue weighted by Gasteiger charge is -2.36. The molecule has 2 unspecified atom stereocenters. The van der Waals surface area contributed by atoms with E-state index in [1.165, 1.54) is 11.0 Å². The van der Waals surface area contributed by atoms with Crippen LogP contribution in [0.2, 0.25) is 0 Å². The SMILES string of the molecule is C=CCCC(NC(=O)C1CCCN1C(=O)[C@@H](NC(=O)OC(C)(C)C)C1CCC(F)(F)CC1)C(=O)C(=O)NCCC(=O)OC(C)(C)C. The molecule has 2 rings (SSSR count). The Kier molecular flexibility index (Phi) is 13.7. The van der Waals surface area contributed by atoms with Crippen LogP contribution >= 0.6 is 0 Å². The van der Waals surface area contributed by atoms with Crippen LogP contribution < -0.4 is 16.0 Å². The van der Waals surface area contributed by atoms with Gasteiger partial charge in [-0.3, -0.25) is 24.0 Å². The highest BCUT2D eigenvalue weighted by molar-refractivity contribution is 6.38.